The molecule has 0 unspecified atom stereocenters. The molecule has 1 aromatic heterocycles. The zero-order chi connectivity index (χ0) is 23.5. The van der Waals surface area contributed by atoms with Crippen LogP contribution in [0.4, 0.5) is 0 Å². The number of H-pyrrole nitrogens is 1. The number of fused-ring (bicyclic) bond motifs is 2. The molecule has 3 aromatic rings. The number of aryl methyl sites for hydroxylation is 1. The number of aromatic amines is 1. The van der Waals surface area contributed by atoms with E-state index in [2.05, 4.69) is 34.7 Å². The summed E-state index contributed by atoms with van der Waals surface area (Å²) in [5, 5.41) is 24.6. The third-order valence-electron chi connectivity index (χ3n) is 6.09. The molecule has 0 saturated heterocycles. The van der Waals surface area contributed by atoms with Crippen molar-refractivity contribution in [3.63, 3.8) is 0 Å². The van der Waals surface area contributed by atoms with Gasteiger partial charge in [-0.05, 0) is 55.1 Å². The van der Waals surface area contributed by atoms with Crippen LogP contribution in [-0.4, -0.2) is 52.2 Å². The van der Waals surface area contributed by atoms with E-state index < -0.39 is 0 Å². The molecule has 2 amide bonds. The minimum Gasteiger partial charge on any atom is -0.507 e. The van der Waals surface area contributed by atoms with Crippen LogP contribution in [0.2, 0.25) is 0 Å². The minimum atomic E-state index is -0.235. The molecule has 0 spiro atoms. The van der Waals surface area contributed by atoms with E-state index in [4.69, 9.17) is 0 Å². The lowest BCUT2D eigenvalue weighted by atomic mass is 10.0. The number of nitrogens with one attached hydrogen (secondary N) is 3. The summed E-state index contributed by atoms with van der Waals surface area (Å²) in [6.45, 7) is 6.42. The summed E-state index contributed by atoms with van der Waals surface area (Å²) in [6, 6.07) is 8.86. The molecule has 0 saturated carbocycles. The van der Waals surface area contributed by atoms with Crippen LogP contribution in [-0.2, 0) is 19.5 Å². The van der Waals surface area contributed by atoms with Crippen molar-refractivity contribution in [2.75, 3.05) is 20.1 Å². The highest BCUT2D eigenvalue weighted by Crippen LogP contribution is 2.31. The molecule has 33 heavy (non-hydrogen) atoms. The Morgan fingerprint density at radius 2 is 1.94 bits per heavy atom. The second-order valence-electron chi connectivity index (χ2n) is 9.02. The maximum Gasteiger partial charge on any atom is 0.258 e. The fourth-order valence-electron chi connectivity index (χ4n) is 4.15. The second kappa shape index (κ2) is 9.62. The number of benzene rings is 2. The Kier molecular flexibility index (Phi) is 6.65. The van der Waals surface area contributed by atoms with Crippen molar-refractivity contribution >= 4 is 22.7 Å². The van der Waals surface area contributed by atoms with E-state index in [1.54, 1.807) is 23.1 Å². The summed E-state index contributed by atoms with van der Waals surface area (Å²) in [7, 11) is 1.84. The van der Waals surface area contributed by atoms with E-state index in [1.807, 2.05) is 19.2 Å². The molecule has 0 fully saturated rings. The van der Waals surface area contributed by atoms with E-state index in [-0.39, 0.29) is 23.1 Å². The zero-order valence-electron chi connectivity index (χ0n) is 19.4. The van der Waals surface area contributed by atoms with Crippen molar-refractivity contribution in [1.29, 1.82) is 0 Å². The molecule has 0 radical (unpaired) electrons. The quantitative estimate of drug-likeness (QED) is 0.395. The van der Waals surface area contributed by atoms with Crippen molar-refractivity contribution in [2.24, 2.45) is 5.92 Å². The first kappa shape index (κ1) is 22.8. The van der Waals surface area contributed by atoms with Gasteiger partial charge in [0.2, 0.25) is 0 Å². The molecule has 0 aliphatic carbocycles. The topological polar surface area (TPSA) is 110 Å². The number of carbonyl (C=O) groups is 2. The van der Waals surface area contributed by atoms with Crippen molar-refractivity contribution in [3.05, 3.63) is 58.3 Å². The van der Waals surface area contributed by atoms with Crippen LogP contribution in [0.15, 0.2) is 30.3 Å². The van der Waals surface area contributed by atoms with Gasteiger partial charge in [0, 0.05) is 43.2 Å². The summed E-state index contributed by atoms with van der Waals surface area (Å²) in [5.41, 5.74) is 4.44. The summed E-state index contributed by atoms with van der Waals surface area (Å²) in [5.74, 6) is 0.122. The largest absolute Gasteiger partial charge is 0.507 e. The third kappa shape index (κ3) is 4.85. The molecule has 2 aromatic carbocycles. The van der Waals surface area contributed by atoms with Gasteiger partial charge in [0.15, 0.2) is 0 Å². The zero-order valence-corrected chi connectivity index (χ0v) is 19.4. The van der Waals surface area contributed by atoms with Crippen LogP contribution < -0.4 is 10.6 Å². The Hall–Kier alpha value is -3.39. The number of likely N-dealkylation sites (N-methyl/N-ethyl adjacent to an activating group) is 1. The maximum absolute atomic E-state index is 13.3. The lowest BCUT2D eigenvalue weighted by Gasteiger charge is -2.16. The number of phenols is 1. The average Bonchev–Trinajstić information content (AvgIpc) is 3.39. The highest BCUT2D eigenvalue weighted by atomic mass is 16.3. The molecule has 1 aliphatic rings. The number of aromatic nitrogens is 2. The molecule has 174 valence electrons. The third-order valence-corrected chi connectivity index (χ3v) is 6.09. The first-order valence-electron chi connectivity index (χ1n) is 11.4. The number of rotatable bonds is 8. The molecule has 1 aliphatic heterocycles. The van der Waals surface area contributed by atoms with Crippen molar-refractivity contribution in [3.8, 4) is 5.75 Å². The van der Waals surface area contributed by atoms with Gasteiger partial charge in [-0.15, -0.1) is 0 Å². The molecule has 4 rings (SSSR count). The lowest BCUT2D eigenvalue weighted by Crippen LogP contribution is -2.30. The molecule has 4 N–H and O–H groups in total. The first-order valence-corrected chi connectivity index (χ1v) is 11.4. The SMILES string of the molecule is CNCCNC(=O)c1ccc2c(c1)CN(C(=O)c1cc3c(CCC(C)C)n[nH]c3cc1O)C2. The lowest BCUT2D eigenvalue weighted by molar-refractivity contribution is 0.0748. The molecule has 2 heterocycles. The molecular weight excluding hydrogens is 418 g/mol. The Bertz CT molecular complexity index is 1180. The number of amides is 2. The molecular formula is C25H31N5O3. The van der Waals surface area contributed by atoms with Crippen molar-refractivity contribution < 1.29 is 14.7 Å². The highest BCUT2D eigenvalue weighted by molar-refractivity contribution is 6.01. The monoisotopic (exact) mass is 449 g/mol. The Morgan fingerprint density at radius 1 is 1.15 bits per heavy atom. The number of aromatic hydroxyl groups is 1. The van der Waals surface area contributed by atoms with Crippen LogP contribution in [0, 0.1) is 5.92 Å². The van der Waals surface area contributed by atoms with E-state index in [0.29, 0.717) is 37.7 Å². The van der Waals surface area contributed by atoms with Crippen LogP contribution in [0.5, 0.6) is 5.75 Å². The Labute approximate surface area is 193 Å². The van der Waals surface area contributed by atoms with Crippen LogP contribution in [0.1, 0.15) is 57.8 Å². The van der Waals surface area contributed by atoms with Crippen LogP contribution in [0.25, 0.3) is 10.9 Å². The molecule has 8 heteroatoms. The fraction of sp³-hybridized carbons (Fsp3) is 0.400. The van der Waals surface area contributed by atoms with Gasteiger partial charge in [0.1, 0.15) is 5.75 Å². The Balaban J connectivity index is 1.52. The standard InChI is InChI=1S/C25H31N5O3/c1-15(2)4-7-21-19-11-20(23(31)12-22(19)29-28-21)25(33)30-13-17-6-5-16(10-18(17)14-30)24(32)27-9-8-26-3/h5-6,10-12,15,26,31H,4,7-9,13-14H2,1-3H3,(H,27,32)(H,28,29). The van der Waals surface area contributed by atoms with Crippen molar-refractivity contribution in [2.45, 2.75) is 39.8 Å². The van der Waals surface area contributed by atoms with E-state index in [1.165, 1.54) is 0 Å². The number of phenolic OH excluding ortho intramolecular Hbond substituents is 1. The number of hydrogen-bond acceptors (Lipinski definition) is 5. The molecule has 8 nitrogen and oxygen atoms in total. The fourth-order valence-corrected chi connectivity index (χ4v) is 4.15. The van der Waals surface area contributed by atoms with Gasteiger partial charge in [0.05, 0.1) is 16.8 Å². The van der Waals surface area contributed by atoms with E-state index in [0.717, 1.165) is 40.6 Å². The summed E-state index contributed by atoms with van der Waals surface area (Å²) >= 11 is 0. The van der Waals surface area contributed by atoms with E-state index >= 15 is 0 Å². The van der Waals surface area contributed by atoms with Gasteiger partial charge in [-0.3, -0.25) is 14.7 Å². The van der Waals surface area contributed by atoms with Gasteiger partial charge < -0.3 is 20.6 Å². The number of hydrogen-bond donors (Lipinski definition) is 4. The smallest absolute Gasteiger partial charge is 0.258 e. The first-order chi connectivity index (χ1) is 15.9. The van der Waals surface area contributed by atoms with E-state index in [9.17, 15) is 14.7 Å². The van der Waals surface area contributed by atoms with Crippen LogP contribution in [0.3, 0.4) is 0 Å². The minimum absolute atomic E-state index is 0.0629. The number of nitrogens with zero attached hydrogens (tertiary/aromatic N) is 2. The summed E-state index contributed by atoms with van der Waals surface area (Å²) in [4.78, 5) is 27.4. The van der Waals surface area contributed by atoms with Gasteiger partial charge in [-0.1, -0.05) is 19.9 Å². The molecule has 0 atom stereocenters. The average molecular weight is 450 g/mol. The molecule has 0 bridgehead atoms. The predicted octanol–water partition coefficient (Wildman–Crippen LogP) is 2.96. The predicted molar refractivity (Wildman–Crippen MR) is 127 cm³/mol. The Morgan fingerprint density at radius 3 is 2.70 bits per heavy atom. The van der Waals surface area contributed by atoms with Gasteiger partial charge in [0.25, 0.3) is 11.8 Å². The normalized spacial score (nSPS) is 13.0. The summed E-state index contributed by atoms with van der Waals surface area (Å²) < 4.78 is 0. The second-order valence-corrected chi connectivity index (χ2v) is 9.02. The van der Waals surface area contributed by atoms with Crippen molar-refractivity contribution in [1.82, 2.24) is 25.7 Å². The van der Waals surface area contributed by atoms with Crippen LogP contribution >= 0.6 is 0 Å². The highest BCUT2D eigenvalue weighted by Gasteiger charge is 2.27. The maximum atomic E-state index is 13.3. The van der Waals surface area contributed by atoms with Gasteiger partial charge >= 0.3 is 0 Å². The summed E-state index contributed by atoms with van der Waals surface area (Å²) in [6.07, 6.45) is 1.81. The number of carbonyl (C=O) groups excluding carboxylic acids is 2. The van der Waals surface area contributed by atoms with Gasteiger partial charge in [-0.25, -0.2) is 0 Å². The van der Waals surface area contributed by atoms with Gasteiger partial charge in [-0.2, -0.15) is 5.10 Å².